The second-order valence-corrected chi connectivity index (χ2v) is 7.96. The van der Waals surface area contributed by atoms with Crippen LogP contribution >= 0.6 is 0 Å². The Morgan fingerprint density at radius 1 is 1.23 bits per heavy atom. The number of aryl methyl sites for hydroxylation is 1. The van der Waals surface area contributed by atoms with E-state index >= 15 is 0 Å². The topological polar surface area (TPSA) is 62.6 Å². The fourth-order valence-corrected chi connectivity index (χ4v) is 3.38. The average Bonchev–Trinajstić information content (AvgIpc) is 2.93. The van der Waals surface area contributed by atoms with Gasteiger partial charge in [0, 0.05) is 35.5 Å². The van der Waals surface area contributed by atoms with Crippen molar-refractivity contribution in [1.82, 2.24) is 10.2 Å². The smallest absolute Gasteiger partial charge is 0.287 e. The number of amides is 2. The zero-order valence-electron chi connectivity index (χ0n) is 15.7. The lowest BCUT2D eigenvalue weighted by Crippen LogP contribution is -2.49. The van der Waals surface area contributed by atoms with Crippen molar-refractivity contribution in [3.05, 3.63) is 35.3 Å². The molecule has 1 N–H and O–H groups in total. The highest BCUT2D eigenvalue weighted by molar-refractivity contribution is 5.99. The van der Waals surface area contributed by atoms with E-state index in [1.54, 1.807) is 19.1 Å². The van der Waals surface area contributed by atoms with Crippen LogP contribution in [-0.4, -0.2) is 35.8 Å². The Morgan fingerprint density at radius 2 is 1.88 bits per heavy atom. The second-order valence-electron chi connectivity index (χ2n) is 7.96. The van der Waals surface area contributed by atoms with Crippen molar-refractivity contribution in [3.8, 4) is 0 Å². The third-order valence-electron chi connectivity index (χ3n) is 4.88. The van der Waals surface area contributed by atoms with E-state index < -0.39 is 11.2 Å². The largest absolute Gasteiger partial charge is 0.448 e. The molecule has 140 valence electrons. The van der Waals surface area contributed by atoms with Crippen LogP contribution in [0.1, 0.15) is 49.7 Å². The quantitative estimate of drug-likeness (QED) is 0.889. The van der Waals surface area contributed by atoms with Crippen molar-refractivity contribution in [1.29, 1.82) is 0 Å². The molecule has 0 radical (unpaired) electrons. The lowest BCUT2D eigenvalue weighted by molar-refractivity contribution is -0.140. The fraction of sp³-hybridized carbons (Fsp3) is 0.500. The van der Waals surface area contributed by atoms with Gasteiger partial charge in [-0.1, -0.05) is 32.9 Å². The molecular weight excluding hydrogens is 335 g/mol. The second kappa shape index (κ2) is 6.74. The molecule has 1 aliphatic rings. The van der Waals surface area contributed by atoms with Gasteiger partial charge in [-0.25, -0.2) is 4.39 Å². The van der Waals surface area contributed by atoms with Gasteiger partial charge in [0.05, 0.1) is 0 Å². The molecular formula is C20H25FN2O3. The molecule has 2 aromatic rings. The number of carbonyl (C=O) groups excluding carboxylic acids is 2. The molecule has 26 heavy (non-hydrogen) atoms. The molecule has 0 spiro atoms. The summed E-state index contributed by atoms with van der Waals surface area (Å²) in [7, 11) is 0. The molecule has 2 amide bonds. The maximum absolute atomic E-state index is 13.9. The molecule has 5 nitrogen and oxygen atoms in total. The van der Waals surface area contributed by atoms with E-state index in [0.717, 1.165) is 0 Å². The van der Waals surface area contributed by atoms with Gasteiger partial charge in [0.2, 0.25) is 5.91 Å². The van der Waals surface area contributed by atoms with Crippen LogP contribution in [0.25, 0.3) is 11.0 Å². The van der Waals surface area contributed by atoms with Gasteiger partial charge in [0.15, 0.2) is 17.2 Å². The number of hydrogen-bond donors (Lipinski definition) is 1. The highest BCUT2D eigenvalue weighted by Gasteiger charge is 2.31. The van der Waals surface area contributed by atoms with Crippen LogP contribution in [0, 0.1) is 18.2 Å². The summed E-state index contributed by atoms with van der Waals surface area (Å²) in [6, 6.07) is 4.63. The number of rotatable bonds is 2. The summed E-state index contributed by atoms with van der Waals surface area (Å²) in [5.41, 5.74) is 0.351. The molecule has 1 aromatic heterocycles. The van der Waals surface area contributed by atoms with E-state index in [0.29, 0.717) is 36.9 Å². The number of fused-ring (bicyclic) bond motifs is 1. The third-order valence-corrected chi connectivity index (χ3v) is 4.88. The summed E-state index contributed by atoms with van der Waals surface area (Å²) in [5, 5.41) is 3.57. The summed E-state index contributed by atoms with van der Waals surface area (Å²) >= 11 is 0. The summed E-state index contributed by atoms with van der Waals surface area (Å²) in [4.78, 5) is 26.8. The van der Waals surface area contributed by atoms with Crippen LogP contribution in [0.3, 0.4) is 0 Å². The van der Waals surface area contributed by atoms with Gasteiger partial charge in [-0.2, -0.15) is 0 Å². The molecule has 1 aromatic carbocycles. The fourth-order valence-electron chi connectivity index (χ4n) is 3.38. The number of nitrogens with zero attached hydrogens (tertiary/aromatic N) is 1. The van der Waals surface area contributed by atoms with Crippen molar-refractivity contribution in [2.75, 3.05) is 13.1 Å². The van der Waals surface area contributed by atoms with E-state index in [4.69, 9.17) is 4.42 Å². The molecule has 1 saturated heterocycles. The molecule has 1 fully saturated rings. The zero-order valence-corrected chi connectivity index (χ0v) is 15.7. The molecule has 2 heterocycles. The van der Waals surface area contributed by atoms with Gasteiger partial charge in [-0.15, -0.1) is 0 Å². The summed E-state index contributed by atoms with van der Waals surface area (Å²) in [6.07, 6.45) is 1.39. The standard InChI is InChI=1S/C20H25FN2O3/c1-12-14-6-5-7-15(21)17(14)26-16(12)18(24)22-13-8-10-23(11-9-13)19(25)20(2,3)4/h5-7,13H,8-11H2,1-4H3,(H,22,24). The van der Waals surface area contributed by atoms with E-state index in [9.17, 15) is 14.0 Å². The summed E-state index contributed by atoms with van der Waals surface area (Å²) < 4.78 is 19.3. The normalized spacial score (nSPS) is 16.1. The van der Waals surface area contributed by atoms with Crippen molar-refractivity contribution < 1.29 is 18.4 Å². The maximum Gasteiger partial charge on any atom is 0.287 e. The molecule has 0 saturated carbocycles. The highest BCUT2D eigenvalue weighted by atomic mass is 19.1. The Labute approximate surface area is 152 Å². The van der Waals surface area contributed by atoms with Gasteiger partial charge >= 0.3 is 0 Å². The van der Waals surface area contributed by atoms with Crippen LogP contribution in [0.4, 0.5) is 4.39 Å². The van der Waals surface area contributed by atoms with Crippen molar-refractivity contribution in [2.24, 2.45) is 5.41 Å². The molecule has 0 bridgehead atoms. The predicted molar refractivity (Wildman–Crippen MR) is 97.4 cm³/mol. The minimum Gasteiger partial charge on any atom is -0.448 e. The maximum atomic E-state index is 13.9. The Bertz CT molecular complexity index is 843. The van der Waals surface area contributed by atoms with Gasteiger partial charge in [0.25, 0.3) is 5.91 Å². The predicted octanol–water partition coefficient (Wildman–Crippen LogP) is 3.65. The molecule has 3 rings (SSSR count). The number of carbonyl (C=O) groups is 2. The first-order valence-electron chi connectivity index (χ1n) is 8.96. The summed E-state index contributed by atoms with van der Waals surface area (Å²) in [5.74, 6) is -0.526. The molecule has 0 atom stereocenters. The average molecular weight is 360 g/mol. The van der Waals surface area contributed by atoms with Gasteiger partial charge < -0.3 is 14.6 Å². The minimum absolute atomic E-state index is 0.0241. The third kappa shape index (κ3) is 3.45. The number of likely N-dealkylation sites (tertiary alicyclic amines) is 1. The number of para-hydroxylation sites is 1. The van der Waals surface area contributed by atoms with E-state index in [-0.39, 0.29) is 29.2 Å². The number of piperidine rings is 1. The molecule has 1 aliphatic heterocycles. The first kappa shape index (κ1) is 18.4. The minimum atomic E-state index is -0.473. The Balaban J connectivity index is 1.66. The number of furan rings is 1. The Kier molecular flexibility index (Phi) is 4.78. The lowest BCUT2D eigenvalue weighted by Gasteiger charge is -2.35. The van der Waals surface area contributed by atoms with Crippen LogP contribution in [0.5, 0.6) is 0 Å². The Morgan fingerprint density at radius 3 is 2.46 bits per heavy atom. The molecule has 0 unspecified atom stereocenters. The first-order chi connectivity index (χ1) is 12.2. The zero-order chi connectivity index (χ0) is 19.1. The van der Waals surface area contributed by atoms with E-state index in [1.165, 1.54) is 6.07 Å². The van der Waals surface area contributed by atoms with Gasteiger partial charge in [-0.3, -0.25) is 9.59 Å². The number of hydrogen-bond acceptors (Lipinski definition) is 3. The van der Waals surface area contributed by atoms with E-state index in [2.05, 4.69) is 5.32 Å². The van der Waals surface area contributed by atoms with Crippen LogP contribution in [0.15, 0.2) is 22.6 Å². The number of nitrogens with one attached hydrogen (secondary N) is 1. The Hall–Kier alpha value is -2.37. The van der Waals surface area contributed by atoms with Gasteiger partial charge in [0.1, 0.15) is 0 Å². The molecule has 0 aliphatic carbocycles. The van der Waals surface area contributed by atoms with Crippen molar-refractivity contribution in [2.45, 2.75) is 46.6 Å². The van der Waals surface area contributed by atoms with Crippen molar-refractivity contribution in [3.63, 3.8) is 0 Å². The lowest BCUT2D eigenvalue weighted by atomic mass is 9.93. The number of halogens is 1. The summed E-state index contributed by atoms with van der Waals surface area (Å²) in [6.45, 7) is 8.72. The first-order valence-corrected chi connectivity index (χ1v) is 8.96. The van der Waals surface area contributed by atoms with E-state index in [1.807, 2.05) is 25.7 Å². The number of benzene rings is 1. The van der Waals surface area contributed by atoms with Crippen LogP contribution < -0.4 is 5.32 Å². The van der Waals surface area contributed by atoms with Crippen LogP contribution in [0.2, 0.25) is 0 Å². The highest BCUT2D eigenvalue weighted by Crippen LogP contribution is 2.27. The van der Waals surface area contributed by atoms with Crippen molar-refractivity contribution >= 4 is 22.8 Å². The SMILES string of the molecule is Cc1c(C(=O)NC2CCN(C(=O)C(C)(C)C)CC2)oc2c(F)cccc12. The molecule has 6 heteroatoms. The van der Waals surface area contributed by atoms with Crippen LogP contribution in [-0.2, 0) is 4.79 Å². The van der Waals surface area contributed by atoms with Gasteiger partial charge in [-0.05, 0) is 25.8 Å². The monoisotopic (exact) mass is 360 g/mol.